The first-order chi connectivity index (χ1) is 5.27. The lowest BCUT2D eigenvalue weighted by atomic mass is 10.1. The highest BCUT2D eigenvalue weighted by molar-refractivity contribution is 7.79. The molecule has 0 bridgehead atoms. The van der Waals surface area contributed by atoms with Crippen LogP contribution in [0.5, 0.6) is 0 Å². The van der Waals surface area contributed by atoms with E-state index >= 15 is 0 Å². The molecule has 0 saturated heterocycles. The molecular formula is C8H10FNS. The first-order valence-electron chi connectivity index (χ1n) is 3.36. The van der Waals surface area contributed by atoms with Crippen LogP contribution in [0.4, 0.5) is 4.39 Å². The van der Waals surface area contributed by atoms with Gasteiger partial charge in [0.2, 0.25) is 0 Å². The van der Waals surface area contributed by atoms with Crippen LogP contribution in [0.15, 0.2) is 18.2 Å². The molecule has 0 aliphatic rings. The van der Waals surface area contributed by atoms with Crippen LogP contribution < -0.4 is 5.73 Å². The maximum Gasteiger partial charge on any atom is 0.127 e. The van der Waals surface area contributed by atoms with Crippen LogP contribution in [0, 0.1) is 5.82 Å². The van der Waals surface area contributed by atoms with Crippen molar-refractivity contribution in [2.75, 3.05) is 0 Å². The number of benzene rings is 1. The molecule has 0 spiro atoms. The van der Waals surface area contributed by atoms with E-state index in [1.165, 1.54) is 6.07 Å². The zero-order valence-electron chi connectivity index (χ0n) is 6.05. The highest BCUT2D eigenvalue weighted by Gasteiger charge is 1.99. The van der Waals surface area contributed by atoms with Gasteiger partial charge >= 0.3 is 0 Å². The fourth-order valence-electron chi connectivity index (χ4n) is 0.846. The second-order valence-corrected chi connectivity index (χ2v) is 2.60. The van der Waals surface area contributed by atoms with Gasteiger partial charge < -0.3 is 5.73 Å². The van der Waals surface area contributed by atoms with E-state index in [1.807, 2.05) is 6.07 Å². The summed E-state index contributed by atoms with van der Waals surface area (Å²) in [5.41, 5.74) is 6.75. The van der Waals surface area contributed by atoms with Gasteiger partial charge in [-0.2, -0.15) is 12.6 Å². The van der Waals surface area contributed by atoms with Gasteiger partial charge in [0, 0.05) is 12.3 Å². The van der Waals surface area contributed by atoms with Crippen molar-refractivity contribution < 1.29 is 4.39 Å². The molecule has 0 heterocycles. The van der Waals surface area contributed by atoms with Crippen LogP contribution in [0.3, 0.4) is 0 Å². The van der Waals surface area contributed by atoms with Crippen molar-refractivity contribution in [1.29, 1.82) is 0 Å². The van der Waals surface area contributed by atoms with Gasteiger partial charge in [0.05, 0.1) is 0 Å². The largest absolute Gasteiger partial charge is 0.326 e. The third-order valence-electron chi connectivity index (χ3n) is 1.52. The van der Waals surface area contributed by atoms with Crippen molar-refractivity contribution in [2.24, 2.45) is 5.73 Å². The molecule has 60 valence electrons. The number of thiol groups is 1. The molecule has 3 heteroatoms. The van der Waals surface area contributed by atoms with E-state index < -0.39 is 0 Å². The Morgan fingerprint density at radius 3 is 2.64 bits per heavy atom. The van der Waals surface area contributed by atoms with Crippen LogP contribution in [0.25, 0.3) is 0 Å². The molecule has 1 rings (SSSR count). The molecule has 2 N–H and O–H groups in total. The third-order valence-corrected chi connectivity index (χ3v) is 1.86. The second kappa shape index (κ2) is 3.74. The van der Waals surface area contributed by atoms with Crippen LogP contribution in [0.2, 0.25) is 0 Å². The Labute approximate surface area is 70.8 Å². The highest BCUT2D eigenvalue weighted by Crippen LogP contribution is 2.11. The number of rotatable bonds is 2. The Bertz CT molecular complexity index is 250. The maximum atomic E-state index is 12.9. The molecule has 0 aliphatic carbocycles. The summed E-state index contributed by atoms with van der Waals surface area (Å²) in [4.78, 5) is 0. The predicted molar refractivity (Wildman–Crippen MR) is 47.0 cm³/mol. The molecule has 11 heavy (non-hydrogen) atoms. The molecule has 0 aliphatic heterocycles. The fraction of sp³-hybridized carbons (Fsp3) is 0.250. The molecule has 1 aromatic carbocycles. The predicted octanol–water partition coefficient (Wildman–Crippen LogP) is 1.71. The summed E-state index contributed by atoms with van der Waals surface area (Å²) in [5, 5.41) is 0. The zero-order chi connectivity index (χ0) is 8.27. The zero-order valence-corrected chi connectivity index (χ0v) is 6.94. The fourth-order valence-corrected chi connectivity index (χ4v) is 1.10. The molecule has 0 atom stereocenters. The van der Waals surface area contributed by atoms with Crippen molar-refractivity contribution in [2.45, 2.75) is 12.3 Å². The summed E-state index contributed by atoms with van der Waals surface area (Å²) in [6, 6.07) is 4.98. The van der Waals surface area contributed by atoms with E-state index in [-0.39, 0.29) is 5.82 Å². The number of hydrogen-bond donors (Lipinski definition) is 2. The molecular weight excluding hydrogens is 161 g/mol. The summed E-state index contributed by atoms with van der Waals surface area (Å²) in [6.07, 6.45) is 0. The minimum atomic E-state index is -0.219. The first kappa shape index (κ1) is 8.56. The molecule has 0 unspecified atom stereocenters. The van der Waals surface area contributed by atoms with Crippen molar-refractivity contribution in [3.8, 4) is 0 Å². The van der Waals surface area contributed by atoms with Crippen molar-refractivity contribution in [3.05, 3.63) is 35.1 Å². The minimum Gasteiger partial charge on any atom is -0.326 e. The average molecular weight is 171 g/mol. The van der Waals surface area contributed by atoms with Gasteiger partial charge in [-0.3, -0.25) is 0 Å². The molecule has 0 radical (unpaired) electrons. The lowest BCUT2D eigenvalue weighted by Gasteiger charge is -2.00. The van der Waals surface area contributed by atoms with Gasteiger partial charge in [0.25, 0.3) is 0 Å². The van der Waals surface area contributed by atoms with Crippen LogP contribution in [0.1, 0.15) is 11.1 Å². The lowest BCUT2D eigenvalue weighted by molar-refractivity contribution is 0.615. The molecule has 0 fully saturated rings. The second-order valence-electron chi connectivity index (χ2n) is 2.29. The van der Waals surface area contributed by atoms with Crippen molar-refractivity contribution in [3.63, 3.8) is 0 Å². The number of halogens is 1. The van der Waals surface area contributed by atoms with Gasteiger partial charge in [0.1, 0.15) is 5.82 Å². The van der Waals surface area contributed by atoms with Crippen molar-refractivity contribution >= 4 is 12.6 Å². The first-order valence-corrected chi connectivity index (χ1v) is 3.99. The Balaban J connectivity index is 2.99. The Morgan fingerprint density at radius 1 is 1.45 bits per heavy atom. The van der Waals surface area contributed by atoms with Gasteiger partial charge in [-0.1, -0.05) is 12.1 Å². The van der Waals surface area contributed by atoms with Gasteiger partial charge in [-0.15, -0.1) is 0 Å². The smallest absolute Gasteiger partial charge is 0.127 e. The maximum absolute atomic E-state index is 12.9. The normalized spacial score (nSPS) is 10.1. The van der Waals surface area contributed by atoms with Crippen molar-refractivity contribution in [1.82, 2.24) is 0 Å². The Kier molecular flexibility index (Phi) is 2.91. The molecule has 0 aromatic heterocycles. The quantitative estimate of drug-likeness (QED) is 0.651. The highest BCUT2D eigenvalue weighted by atomic mass is 32.1. The van der Waals surface area contributed by atoms with E-state index in [1.54, 1.807) is 6.07 Å². The topological polar surface area (TPSA) is 26.0 Å². The SMILES string of the molecule is NCc1ccc(CS)c(F)c1. The summed E-state index contributed by atoms with van der Waals surface area (Å²) in [6.45, 7) is 0.379. The standard InChI is InChI=1S/C8H10FNS/c9-8-3-6(4-10)1-2-7(8)5-11/h1-3,11H,4-5,10H2. The molecule has 1 aromatic rings. The van der Waals surface area contributed by atoms with Crippen LogP contribution in [-0.2, 0) is 12.3 Å². The van der Waals surface area contributed by atoms with Gasteiger partial charge in [-0.05, 0) is 17.2 Å². The summed E-state index contributed by atoms with van der Waals surface area (Å²) < 4.78 is 12.9. The van der Waals surface area contributed by atoms with Crippen LogP contribution in [-0.4, -0.2) is 0 Å². The minimum absolute atomic E-state index is 0.219. The van der Waals surface area contributed by atoms with E-state index in [9.17, 15) is 4.39 Å². The number of hydrogen-bond acceptors (Lipinski definition) is 2. The van der Waals surface area contributed by atoms with Crippen LogP contribution >= 0.6 is 12.6 Å². The molecule has 0 amide bonds. The summed E-state index contributed by atoms with van der Waals surface area (Å²) >= 11 is 3.97. The van der Waals surface area contributed by atoms with E-state index in [0.717, 1.165) is 5.56 Å². The van der Waals surface area contributed by atoms with Gasteiger partial charge in [-0.25, -0.2) is 4.39 Å². The Hall–Kier alpha value is -0.540. The van der Waals surface area contributed by atoms with E-state index in [2.05, 4.69) is 12.6 Å². The summed E-state index contributed by atoms with van der Waals surface area (Å²) in [7, 11) is 0. The van der Waals surface area contributed by atoms with Gasteiger partial charge in [0.15, 0.2) is 0 Å². The average Bonchev–Trinajstić information content (AvgIpc) is 2.04. The third kappa shape index (κ3) is 1.94. The molecule has 0 saturated carbocycles. The lowest BCUT2D eigenvalue weighted by Crippen LogP contribution is -1.97. The summed E-state index contributed by atoms with van der Waals surface area (Å²) in [5.74, 6) is 0.208. The number of nitrogens with two attached hydrogens (primary N) is 1. The Morgan fingerprint density at radius 2 is 2.18 bits per heavy atom. The monoisotopic (exact) mass is 171 g/mol. The van der Waals surface area contributed by atoms with E-state index in [0.29, 0.717) is 17.9 Å². The molecule has 1 nitrogen and oxygen atoms in total. The van der Waals surface area contributed by atoms with E-state index in [4.69, 9.17) is 5.73 Å².